The minimum Gasteiger partial charge on any atom is -0.482 e. The molecular weight excluding hydrogens is 325 g/mol. The molecule has 0 unspecified atom stereocenters. The third-order valence-corrected chi connectivity index (χ3v) is 4.17. The number of benzene rings is 2. The molecule has 0 radical (unpaired) electrons. The summed E-state index contributed by atoms with van der Waals surface area (Å²) in [4.78, 5) is 0. The largest absolute Gasteiger partial charge is 0.482 e. The lowest BCUT2D eigenvalue weighted by Gasteiger charge is -2.31. The van der Waals surface area contributed by atoms with Crippen LogP contribution in [0.1, 0.15) is 11.7 Å². The van der Waals surface area contributed by atoms with Crippen LogP contribution >= 0.6 is 15.9 Å². The highest BCUT2D eigenvalue weighted by molar-refractivity contribution is 9.10. The molecule has 1 saturated heterocycles. The van der Waals surface area contributed by atoms with E-state index < -0.39 is 0 Å². The molecule has 2 atom stereocenters. The van der Waals surface area contributed by atoms with E-state index in [4.69, 9.17) is 9.47 Å². The van der Waals surface area contributed by atoms with Crippen molar-refractivity contribution < 1.29 is 9.47 Å². The topological polar surface area (TPSA) is 30.5 Å². The first-order valence-electron chi connectivity index (χ1n) is 7.13. The van der Waals surface area contributed by atoms with Gasteiger partial charge in [0.25, 0.3) is 0 Å². The van der Waals surface area contributed by atoms with Crippen LogP contribution in [-0.2, 0) is 4.74 Å². The van der Waals surface area contributed by atoms with E-state index in [1.54, 1.807) is 0 Å². The van der Waals surface area contributed by atoms with Gasteiger partial charge in [-0.1, -0.05) is 42.5 Å². The van der Waals surface area contributed by atoms with Crippen molar-refractivity contribution in [2.45, 2.75) is 12.2 Å². The average Bonchev–Trinajstić information content (AvgIpc) is 2.56. The number of hydrogen-bond donors (Lipinski definition) is 1. The van der Waals surface area contributed by atoms with E-state index in [1.165, 1.54) is 0 Å². The van der Waals surface area contributed by atoms with Gasteiger partial charge >= 0.3 is 0 Å². The quantitative estimate of drug-likeness (QED) is 0.921. The third-order valence-electron chi connectivity index (χ3n) is 3.51. The molecule has 4 heteroatoms. The van der Waals surface area contributed by atoms with E-state index in [0.29, 0.717) is 6.61 Å². The zero-order valence-corrected chi connectivity index (χ0v) is 13.3. The van der Waals surface area contributed by atoms with Gasteiger partial charge in [0.05, 0.1) is 11.1 Å². The van der Waals surface area contributed by atoms with Crippen molar-refractivity contribution in [3.63, 3.8) is 0 Å². The molecule has 1 aliphatic rings. The van der Waals surface area contributed by atoms with E-state index in [-0.39, 0.29) is 12.2 Å². The summed E-state index contributed by atoms with van der Waals surface area (Å²) >= 11 is 3.54. The second kappa shape index (κ2) is 7.07. The first-order chi connectivity index (χ1) is 10.3. The van der Waals surface area contributed by atoms with E-state index in [1.807, 2.05) is 42.5 Å². The first kappa shape index (κ1) is 14.6. The Balaban J connectivity index is 1.87. The summed E-state index contributed by atoms with van der Waals surface area (Å²) in [5.41, 5.74) is 1.13. The summed E-state index contributed by atoms with van der Waals surface area (Å²) in [5.74, 6) is 0.834. The van der Waals surface area contributed by atoms with Crippen LogP contribution in [0.4, 0.5) is 0 Å². The zero-order valence-electron chi connectivity index (χ0n) is 11.7. The fraction of sp³-hybridized carbons (Fsp3) is 0.294. The Morgan fingerprint density at radius 2 is 1.86 bits per heavy atom. The van der Waals surface area contributed by atoms with Crippen molar-refractivity contribution in [2.24, 2.45) is 0 Å². The Hall–Kier alpha value is -1.36. The Bertz CT molecular complexity index is 570. The maximum Gasteiger partial charge on any atom is 0.151 e. The molecule has 0 bridgehead atoms. The van der Waals surface area contributed by atoms with Gasteiger partial charge in [0.15, 0.2) is 6.10 Å². The molecule has 110 valence electrons. The molecule has 1 fully saturated rings. The lowest BCUT2D eigenvalue weighted by Crippen LogP contribution is -2.43. The number of halogens is 1. The number of ether oxygens (including phenoxy) is 2. The molecule has 0 aromatic heterocycles. The first-order valence-corrected chi connectivity index (χ1v) is 7.92. The fourth-order valence-corrected chi connectivity index (χ4v) is 2.84. The molecule has 3 rings (SSSR count). The molecule has 21 heavy (non-hydrogen) atoms. The molecular formula is C17H18BrNO2. The Kier molecular flexibility index (Phi) is 4.91. The van der Waals surface area contributed by atoms with Crippen molar-refractivity contribution in [2.75, 3.05) is 19.7 Å². The standard InChI is InChI=1S/C17H18BrNO2/c18-14-8-4-5-9-15(14)21-17(13-6-2-1-3-7-13)16-12-19-10-11-20-16/h1-9,16-17,19H,10-12H2/t16-,17+/m0/s1/i18-5. The van der Waals surface area contributed by atoms with Crippen LogP contribution in [0.5, 0.6) is 5.75 Å². The summed E-state index contributed by atoms with van der Waals surface area (Å²) in [7, 11) is 0. The fourth-order valence-electron chi connectivity index (χ4n) is 2.46. The summed E-state index contributed by atoms with van der Waals surface area (Å²) in [6.07, 6.45) is -0.119. The van der Waals surface area contributed by atoms with Gasteiger partial charge in [0.2, 0.25) is 0 Å². The highest BCUT2D eigenvalue weighted by Crippen LogP contribution is 2.31. The van der Waals surface area contributed by atoms with Gasteiger partial charge in [-0.2, -0.15) is 0 Å². The summed E-state index contributed by atoms with van der Waals surface area (Å²) in [5, 5.41) is 3.37. The lowest BCUT2D eigenvalue weighted by molar-refractivity contribution is -0.0434. The second-order valence-corrected chi connectivity index (χ2v) is 5.85. The van der Waals surface area contributed by atoms with Crippen LogP contribution in [-0.4, -0.2) is 25.8 Å². The summed E-state index contributed by atoms with van der Waals surface area (Å²) < 4.78 is 13.1. The molecule has 1 aliphatic heterocycles. The van der Waals surface area contributed by atoms with Gasteiger partial charge in [-0.3, -0.25) is 0 Å². The monoisotopic (exact) mass is 343 g/mol. The van der Waals surface area contributed by atoms with Crippen LogP contribution in [0.25, 0.3) is 0 Å². The smallest absolute Gasteiger partial charge is 0.151 e. The van der Waals surface area contributed by atoms with Crippen molar-refractivity contribution in [1.29, 1.82) is 0 Å². The molecule has 1 heterocycles. The Morgan fingerprint density at radius 3 is 2.57 bits per heavy atom. The summed E-state index contributed by atoms with van der Waals surface area (Å²) in [6.45, 7) is 2.41. The van der Waals surface area contributed by atoms with Crippen LogP contribution < -0.4 is 10.1 Å². The van der Waals surface area contributed by atoms with E-state index >= 15 is 0 Å². The highest BCUT2D eigenvalue weighted by Gasteiger charge is 2.28. The molecule has 2 aromatic rings. The molecule has 1 N–H and O–H groups in total. The SMILES string of the molecule is [75Br]c1ccccc1O[C@H](c1ccccc1)[C@@H]1CNCCO1. The van der Waals surface area contributed by atoms with Gasteiger partial charge in [0, 0.05) is 13.1 Å². The predicted molar refractivity (Wildman–Crippen MR) is 86.6 cm³/mol. The van der Waals surface area contributed by atoms with Crippen LogP contribution in [0.2, 0.25) is 0 Å². The molecule has 0 aliphatic carbocycles. The Morgan fingerprint density at radius 1 is 1.10 bits per heavy atom. The van der Waals surface area contributed by atoms with Gasteiger partial charge in [0.1, 0.15) is 11.9 Å². The Labute approximate surface area is 133 Å². The minimum atomic E-state index is -0.127. The molecule has 0 amide bonds. The number of nitrogens with one attached hydrogen (secondary N) is 1. The minimum absolute atomic E-state index is 0.00764. The number of rotatable bonds is 4. The molecule has 2 aromatic carbocycles. The zero-order chi connectivity index (χ0) is 14.5. The van der Waals surface area contributed by atoms with Crippen molar-refractivity contribution in [3.8, 4) is 5.75 Å². The molecule has 3 nitrogen and oxygen atoms in total. The number of para-hydroxylation sites is 1. The van der Waals surface area contributed by atoms with Gasteiger partial charge in [-0.05, 0) is 33.6 Å². The average molecular weight is 343 g/mol. The number of morpholine rings is 1. The van der Waals surface area contributed by atoms with Crippen LogP contribution in [0.15, 0.2) is 59.1 Å². The van der Waals surface area contributed by atoms with Gasteiger partial charge in [-0.25, -0.2) is 0 Å². The third kappa shape index (κ3) is 3.64. The molecule has 0 saturated carbocycles. The summed E-state index contributed by atoms with van der Waals surface area (Å²) in [6, 6.07) is 18.1. The predicted octanol–water partition coefficient (Wildman–Crippen LogP) is 3.56. The van der Waals surface area contributed by atoms with Crippen molar-refractivity contribution in [3.05, 3.63) is 64.6 Å². The van der Waals surface area contributed by atoms with E-state index in [9.17, 15) is 0 Å². The maximum atomic E-state index is 6.26. The maximum absolute atomic E-state index is 6.26. The van der Waals surface area contributed by atoms with Gasteiger partial charge < -0.3 is 14.8 Å². The lowest BCUT2D eigenvalue weighted by atomic mass is 10.0. The normalized spacial score (nSPS) is 20.0. The highest BCUT2D eigenvalue weighted by atomic mass is 74.9. The van der Waals surface area contributed by atoms with Crippen molar-refractivity contribution in [1.82, 2.24) is 5.32 Å². The van der Waals surface area contributed by atoms with E-state index in [0.717, 1.165) is 28.9 Å². The van der Waals surface area contributed by atoms with Crippen molar-refractivity contribution >= 4 is 15.9 Å². The van der Waals surface area contributed by atoms with Crippen LogP contribution in [0.3, 0.4) is 0 Å². The second-order valence-electron chi connectivity index (χ2n) is 4.99. The number of hydrogen-bond acceptors (Lipinski definition) is 3. The van der Waals surface area contributed by atoms with E-state index in [2.05, 4.69) is 33.4 Å². The van der Waals surface area contributed by atoms with Crippen LogP contribution in [0, 0.1) is 0 Å². The van der Waals surface area contributed by atoms with Gasteiger partial charge in [-0.15, -0.1) is 0 Å². The molecule has 0 spiro atoms.